The number of carbonyl (C=O) groups is 1. The Bertz CT molecular complexity index is 2240. The summed E-state index contributed by atoms with van der Waals surface area (Å²) in [5, 5.41) is 23.6. The third kappa shape index (κ3) is 9.63. The maximum Gasteiger partial charge on any atom is 0.404 e. The molecular weight excluding hydrogens is 853 g/mol. The van der Waals surface area contributed by atoms with Crippen LogP contribution in [0.1, 0.15) is 23.6 Å². The molecule has 286 valence electrons. The van der Waals surface area contributed by atoms with Gasteiger partial charge in [-0.15, -0.1) is 5.10 Å². The van der Waals surface area contributed by atoms with Gasteiger partial charge in [-0.2, -0.15) is 4.31 Å². The molecule has 1 unspecified atom stereocenters. The molecule has 3 N–H and O–H groups in total. The summed E-state index contributed by atoms with van der Waals surface area (Å²) in [6.07, 6.45) is -1.35. The van der Waals surface area contributed by atoms with Crippen LogP contribution in [0, 0.1) is 3.57 Å². The number of rotatable bonds is 17. The molecule has 19 heteroatoms. The summed E-state index contributed by atoms with van der Waals surface area (Å²) < 4.78 is 80.2. The van der Waals surface area contributed by atoms with E-state index in [1.54, 1.807) is 79.9 Å². The van der Waals surface area contributed by atoms with Crippen LogP contribution in [0.5, 0.6) is 17.2 Å². The molecule has 16 nitrogen and oxygen atoms in total. The number of nitrogens with zero attached hydrogens (tertiary/aromatic N) is 5. The van der Waals surface area contributed by atoms with Crippen molar-refractivity contribution in [3.05, 3.63) is 105 Å². The van der Waals surface area contributed by atoms with Crippen molar-refractivity contribution in [1.29, 1.82) is 0 Å². The number of aromatic nitrogens is 4. The first-order chi connectivity index (χ1) is 25.7. The van der Waals surface area contributed by atoms with Gasteiger partial charge in [0, 0.05) is 29.2 Å². The smallest absolute Gasteiger partial charge is 0.404 e. The minimum absolute atomic E-state index is 0.000555. The Labute approximate surface area is 326 Å². The highest BCUT2D eigenvalue weighted by molar-refractivity contribution is 14.1. The Morgan fingerprint density at radius 2 is 1.31 bits per heavy atom. The van der Waals surface area contributed by atoms with E-state index in [0.29, 0.717) is 31.9 Å². The van der Waals surface area contributed by atoms with Crippen LogP contribution in [0.2, 0.25) is 0 Å². The lowest BCUT2D eigenvalue weighted by Gasteiger charge is -2.26. The molecule has 0 bridgehead atoms. The number of nitrogens with one attached hydrogen (secondary N) is 2. The van der Waals surface area contributed by atoms with Crippen molar-refractivity contribution in [3.8, 4) is 28.6 Å². The maximum atomic E-state index is 15.3. The van der Waals surface area contributed by atoms with Crippen LogP contribution in [0.15, 0.2) is 94.7 Å². The molecule has 0 aliphatic carbocycles. The minimum Gasteiger partial charge on any atom is -0.497 e. The Balaban J connectivity index is 1.71. The summed E-state index contributed by atoms with van der Waals surface area (Å²) >= 11 is 1.93. The summed E-state index contributed by atoms with van der Waals surface area (Å²) in [6.45, 7) is 0.883. The van der Waals surface area contributed by atoms with Gasteiger partial charge in [-0.05, 0) is 105 Å². The highest BCUT2D eigenvalue weighted by Crippen LogP contribution is 2.38. The van der Waals surface area contributed by atoms with Crippen LogP contribution in [-0.4, -0.2) is 86.5 Å². The van der Waals surface area contributed by atoms with Crippen LogP contribution < -0.4 is 24.2 Å². The number of sulfonamides is 2. The number of tetrazole rings is 1. The van der Waals surface area contributed by atoms with Crippen LogP contribution in [0.4, 0.5) is 4.79 Å². The number of benzene rings is 4. The second-order valence-electron chi connectivity index (χ2n) is 11.9. The van der Waals surface area contributed by atoms with E-state index in [0.717, 1.165) is 5.56 Å². The van der Waals surface area contributed by atoms with Crippen molar-refractivity contribution >= 4 is 48.7 Å². The van der Waals surface area contributed by atoms with E-state index < -0.39 is 42.0 Å². The van der Waals surface area contributed by atoms with Crippen molar-refractivity contribution < 1.29 is 40.9 Å². The monoisotopic (exact) mass is 891 g/mol. The molecule has 0 radical (unpaired) electrons. The molecule has 0 saturated carbocycles. The average Bonchev–Trinajstić information content (AvgIpc) is 3.61. The predicted octanol–water partition coefficient (Wildman–Crippen LogP) is 4.34. The van der Waals surface area contributed by atoms with Crippen molar-refractivity contribution in [1.82, 2.24) is 34.6 Å². The fourth-order valence-electron chi connectivity index (χ4n) is 5.41. The number of carboxylic acid groups (broad SMARTS) is 1. The molecule has 54 heavy (non-hydrogen) atoms. The van der Waals surface area contributed by atoms with Gasteiger partial charge in [0.05, 0.1) is 33.4 Å². The third-order valence-electron chi connectivity index (χ3n) is 8.19. The Hall–Kier alpha value is -4.83. The summed E-state index contributed by atoms with van der Waals surface area (Å²) in [4.78, 5) is 10.1. The summed E-state index contributed by atoms with van der Waals surface area (Å²) in [5.74, 6) is 1.77. The zero-order chi connectivity index (χ0) is 39.0. The first-order valence-electron chi connectivity index (χ1n) is 16.2. The first-order valence-corrected chi connectivity index (χ1v) is 20.2. The van der Waals surface area contributed by atoms with Gasteiger partial charge in [-0.3, -0.25) is 0 Å². The normalized spacial score (nSPS) is 12.3. The van der Waals surface area contributed by atoms with Gasteiger partial charge in [-0.1, -0.05) is 36.4 Å². The Morgan fingerprint density at radius 1 is 0.815 bits per heavy atom. The molecule has 5 rings (SSSR count). The van der Waals surface area contributed by atoms with Gasteiger partial charge in [0.1, 0.15) is 27.0 Å². The topological polar surface area (TPSA) is 204 Å². The molecule has 5 aromatic rings. The summed E-state index contributed by atoms with van der Waals surface area (Å²) in [5.41, 5.74) is 1.92. The second kappa shape index (κ2) is 17.5. The number of ether oxygens (including phenoxy) is 3. The first kappa shape index (κ1) is 40.4. The standard InChI is InChI=1S/C35H38IN7O9S2/c1-23(38-35(44)45)19-37-53(46,47)31-18-17-30(36)32(34-39-40-41-43(34)22-26-9-15-29(52-4)16-10-26)33(31)54(48,49)42(20-24-5-11-27(50-2)12-6-24)21-25-7-13-28(51-3)14-8-25/h5-18,23,37-38H,19-22H2,1-4H3,(H,44,45). The lowest BCUT2D eigenvalue weighted by Crippen LogP contribution is -2.41. The van der Waals surface area contributed by atoms with Gasteiger partial charge in [0.25, 0.3) is 0 Å². The van der Waals surface area contributed by atoms with E-state index in [1.165, 1.54) is 42.3 Å². The number of methoxy groups -OCH3 is 3. The largest absolute Gasteiger partial charge is 0.497 e. The van der Waals surface area contributed by atoms with E-state index in [1.807, 2.05) is 22.6 Å². The molecule has 1 amide bonds. The molecule has 0 saturated heterocycles. The fraction of sp³-hybridized carbons (Fsp3) is 0.257. The highest BCUT2D eigenvalue weighted by atomic mass is 127. The molecule has 0 spiro atoms. The van der Waals surface area contributed by atoms with Crippen LogP contribution in [0.25, 0.3) is 11.4 Å². The predicted molar refractivity (Wildman–Crippen MR) is 206 cm³/mol. The van der Waals surface area contributed by atoms with E-state index in [2.05, 4.69) is 25.6 Å². The fourth-order valence-corrected chi connectivity index (χ4v) is 9.82. The lowest BCUT2D eigenvalue weighted by molar-refractivity contribution is 0.191. The van der Waals surface area contributed by atoms with Crippen LogP contribution >= 0.6 is 22.6 Å². The number of hydrogen-bond donors (Lipinski definition) is 3. The van der Waals surface area contributed by atoms with Crippen LogP contribution in [0.3, 0.4) is 0 Å². The maximum absolute atomic E-state index is 15.3. The second-order valence-corrected chi connectivity index (χ2v) is 16.7. The number of halogens is 1. The zero-order valence-electron chi connectivity index (χ0n) is 29.6. The van der Waals surface area contributed by atoms with Crippen molar-refractivity contribution in [3.63, 3.8) is 0 Å². The van der Waals surface area contributed by atoms with Crippen molar-refractivity contribution in [2.24, 2.45) is 0 Å². The molecular formula is C35H38IN7O9S2. The van der Waals surface area contributed by atoms with Crippen LogP contribution in [-0.2, 0) is 39.7 Å². The SMILES string of the molecule is COc1ccc(CN(Cc2ccc(OC)cc2)S(=O)(=O)c2c(S(=O)(=O)NCC(C)NC(=O)O)ccc(I)c2-c2nnnn2Cc2ccc(OC)cc2)cc1. The van der Waals surface area contributed by atoms with Gasteiger partial charge < -0.3 is 24.6 Å². The van der Waals surface area contributed by atoms with Gasteiger partial charge in [-0.25, -0.2) is 31.0 Å². The lowest BCUT2D eigenvalue weighted by atomic mass is 10.2. The molecule has 0 fully saturated rings. The zero-order valence-corrected chi connectivity index (χ0v) is 33.4. The Morgan fingerprint density at radius 3 is 1.80 bits per heavy atom. The number of hydrogen-bond acceptors (Lipinski definition) is 11. The van der Waals surface area contributed by atoms with Crippen molar-refractivity contribution in [2.45, 2.75) is 42.4 Å². The molecule has 1 aromatic heterocycles. The third-order valence-corrected chi connectivity index (χ3v) is 12.6. The van der Waals surface area contributed by atoms with Gasteiger partial charge in [0.2, 0.25) is 20.0 Å². The Kier molecular flexibility index (Phi) is 13.1. The highest BCUT2D eigenvalue weighted by Gasteiger charge is 2.37. The van der Waals surface area contributed by atoms with Crippen molar-refractivity contribution in [2.75, 3.05) is 27.9 Å². The molecule has 0 aliphatic rings. The average molecular weight is 892 g/mol. The summed E-state index contributed by atoms with van der Waals surface area (Å²) in [7, 11) is -4.81. The number of amides is 1. The van der Waals surface area contributed by atoms with Gasteiger partial charge >= 0.3 is 6.09 Å². The molecule has 1 atom stereocenters. The van der Waals surface area contributed by atoms with Gasteiger partial charge in [0.15, 0.2) is 5.82 Å². The summed E-state index contributed by atoms with van der Waals surface area (Å²) in [6, 6.07) is 22.6. The van der Waals surface area contributed by atoms with E-state index >= 15 is 8.42 Å². The van der Waals surface area contributed by atoms with E-state index in [-0.39, 0.29) is 37.6 Å². The van der Waals surface area contributed by atoms with E-state index in [9.17, 15) is 13.2 Å². The quantitative estimate of drug-likeness (QED) is 0.112. The minimum atomic E-state index is -4.77. The van der Waals surface area contributed by atoms with E-state index in [4.69, 9.17) is 19.3 Å². The molecule has 4 aromatic carbocycles. The molecule has 0 aliphatic heterocycles. The molecule has 1 heterocycles.